The van der Waals surface area contributed by atoms with E-state index in [4.69, 9.17) is 10.4 Å². The van der Waals surface area contributed by atoms with E-state index in [-0.39, 0.29) is 18.0 Å². The summed E-state index contributed by atoms with van der Waals surface area (Å²) < 4.78 is 4.60. The molecule has 5 aromatic rings. The smallest absolute Gasteiger partial charge is 0.335 e. The lowest BCUT2D eigenvalue weighted by Crippen LogP contribution is -2.25. The van der Waals surface area contributed by atoms with Crippen molar-refractivity contribution in [1.29, 1.82) is 5.41 Å². The Morgan fingerprint density at radius 1 is 0.887 bits per heavy atom. The lowest BCUT2D eigenvalue weighted by atomic mass is 9.99. The van der Waals surface area contributed by atoms with Crippen molar-refractivity contribution in [2.24, 2.45) is 0 Å². The van der Waals surface area contributed by atoms with E-state index in [1.54, 1.807) is 6.08 Å². The number of carbonyl (C=O) groups is 2. The number of aryl methyl sites for hydroxylation is 1. The predicted molar refractivity (Wildman–Crippen MR) is 212 cm³/mol. The molecule has 0 bridgehead atoms. The maximum atomic E-state index is 12.3. The number of hydrogen-bond donors (Lipinski definition) is 4. The van der Waals surface area contributed by atoms with E-state index in [1.807, 2.05) is 48.5 Å². The van der Waals surface area contributed by atoms with Gasteiger partial charge in [0.25, 0.3) is 0 Å². The van der Waals surface area contributed by atoms with Gasteiger partial charge in [0.05, 0.1) is 12.8 Å². The number of nitrogens with zero attached hydrogens (tertiary/aromatic N) is 2. The second-order valence-corrected chi connectivity index (χ2v) is 12.9. The monoisotopic (exact) mass is 711 g/mol. The lowest BCUT2D eigenvalue weighted by Gasteiger charge is -2.20. The van der Waals surface area contributed by atoms with Gasteiger partial charge in [-0.25, -0.2) is 9.78 Å². The van der Waals surface area contributed by atoms with E-state index in [1.165, 1.54) is 12.7 Å². The van der Waals surface area contributed by atoms with Gasteiger partial charge in [-0.05, 0) is 85.7 Å². The highest BCUT2D eigenvalue weighted by atomic mass is 16.5. The Morgan fingerprint density at radius 2 is 1.55 bits per heavy atom. The number of hydrogen-bond acceptors (Lipinski definition) is 7. The summed E-state index contributed by atoms with van der Waals surface area (Å²) in [4.78, 5) is 34.9. The van der Waals surface area contributed by atoms with Gasteiger partial charge in [0.15, 0.2) is 6.10 Å². The van der Waals surface area contributed by atoms with Crippen molar-refractivity contribution < 1.29 is 19.4 Å². The largest absolute Gasteiger partial charge is 0.467 e. The van der Waals surface area contributed by atoms with Crippen molar-refractivity contribution >= 4 is 23.3 Å². The minimum atomic E-state index is -1.39. The van der Waals surface area contributed by atoms with Gasteiger partial charge in [-0.15, -0.1) is 0 Å². The number of benzene rings is 4. The number of aromatic amines is 1. The number of imidazole rings is 1. The van der Waals surface area contributed by atoms with Crippen molar-refractivity contribution in [3.63, 3.8) is 0 Å². The Bertz CT molecular complexity index is 1960. The Hall–Kier alpha value is -5.80. The average Bonchev–Trinajstić information content (AvgIpc) is 3.61. The Labute approximate surface area is 312 Å². The van der Waals surface area contributed by atoms with Gasteiger partial charge in [-0.2, -0.15) is 0 Å². The first-order valence-corrected chi connectivity index (χ1v) is 18.2. The molecule has 0 saturated heterocycles. The number of esters is 1. The fourth-order valence-corrected chi connectivity index (χ4v) is 6.20. The van der Waals surface area contributed by atoms with Crippen molar-refractivity contribution in [3.8, 4) is 22.6 Å². The predicted octanol–water partition coefficient (Wildman–Crippen LogP) is 7.32. The Morgan fingerprint density at radius 3 is 2.21 bits per heavy atom. The van der Waals surface area contributed by atoms with Gasteiger partial charge in [0.2, 0.25) is 5.91 Å². The van der Waals surface area contributed by atoms with E-state index >= 15 is 0 Å². The van der Waals surface area contributed by atoms with E-state index in [0.717, 1.165) is 71.1 Å². The number of anilines is 1. The van der Waals surface area contributed by atoms with E-state index in [2.05, 4.69) is 94.4 Å². The molecule has 0 aliphatic carbocycles. The molecule has 4 N–H and O–H groups in total. The highest BCUT2D eigenvalue weighted by Crippen LogP contribution is 2.30. The summed E-state index contributed by atoms with van der Waals surface area (Å²) in [7, 11) is 1.21. The lowest BCUT2D eigenvalue weighted by molar-refractivity contribution is -0.149. The number of rotatable bonds is 18. The first-order chi connectivity index (χ1) is 25.8. The zero-order valence-electron chi connectivity index (χ0n) is 30.8. The molecule has 4 aromatic carbocycles. The molecule has 1 amide bonds. The number of aliphatic hydroxyl groups excluding tert-OH is 1. The molecule has 53 heavy (non-hydrogen) atoms. The van der Waals surface area contributed by atoms with Gasteiger partial charge in [0, 0.05) is 60.7 Å². The summed E-state index contributed by atoms with van der Waals surface area (Å²) in [5, 5.41) is 21.4. The normalized spacial score (nSPS) is 11.7. The molecule has 5 rings (SSSR count). The molecular weight excluding hydrogens is 663 g/mol. The van der Waals surface area contributed by atoms with E-state index in [0.29, 0.717) is 24.9 Å². The van der Waals surface area contributed by atoms with Gasteiger partial charge < -0.3 is 30.5 Å². The fourth-order valence-electron chi connectivity index (χ4n) is 6.20. The van der Waals surface area contributed by atoms with Crippen molar-refractivity contribution in [1.82, 2.24) is 15.3 Å². The van der Waals surface area contributed by atoms with Crippen molar-refractivity contribution in [3.05, 3.63) is 143 Å². The van der Waals surface area contributed by atoms with Gasteiger partial charge in [0.1, 0.15) is 5.82 Å². The molecule has 0 radical (unpaired) electrons. The molecule has 1 unspecified atom stereocenters. The summed E-state index contributed by atoms with van der Waals surface area (Å²) in [6, 6.07) is 34.5. The van der Waals surface area contributed by atoms with Crippen LogP contribution in [0.5, 0.6) is 0 Å². The number of carbonyl (C=O) groups excluding carboxylic acids is 2. The van der Waals surface area contributed by atoms with Crippen LogP contribution in [0, 0.1) is 5.41 Å². The number of allylic oxidation sites excluding steroid dienone is 1. The molecule has 0 aliphatic heterocycles. The first kappa shape index (κ1) is 38.4. The van der Waals surface area contributed by atoms with Crippen molar-refractivity contribution in [2.45, 2.75) is 52.1 Å². The van der Waals surface area contributed by atoms with Gasteiger partial charge in [-0.3, -0.25) is 4.79 Å². The molecule has 1 aromatic heterocycles. The summed E-state index contributed by atoms with van der Waals surface area (Å²) in [5.74, 6) is -0.0781. The molecule has 9 heteroatoms. The molecule has 0 aliphatic rings. The van der Waals surface area contributed by atoms with E-state index < -0.39 is 12.1 Å². The molecule has 0 spiro atoms. The second-order valence-electron chi connectivity index (χ2n) is 12.9. The Kier molecular flexibility index (Phi) is 13.9. The van der Waals surface area contributed by atoms with Crippen LogP contribution in [-0.2, 0) is 33.6 Å². The minimum absolute atomic E-state index is 0.0800. The first-order valence-electron chi connectivity index (χ1n) is 18.2. The molecule has 0 fully saturated rings. The minimum Gasteiger partial charge on any atom is -0.467 e. The number of H-pyrrole nitrogens is 1. The fraction of sp³-hybridized carbons (Fsp3) is 0.273. The van der Waals surface area contributed by atoms with Crippen molar-refractivity contribution in [2.75, 3.05) is 31.6 Å². The van der Waals surface area contributed by atoms with Crippen LogP contribution in [0.1, 0.15) is 54.6 Å². The highest BCUT2D eigenvalue weighted by Gasteiger charge is 2.19. The van der Waals surface area contributed by atoms with Crippen LogP contribution in [0.3, 0.4) is 0 Å². The SMILES string of the molecule is CCN(CC)c1ccc(-c2nc(-c3ccc(C(=N)CC(O)C(=O)OC)cc3)c(Cc3ccc(C/C=C/C(=O)NCCCc4ccccc4)cc3)[nH]2)cc1. The molecule has 0 saturated carbocycles. The van der Waals surface area contributed by atoms with Crippen LogP contribution < -0.4 is 10.2 Å². The third-order valence-corrected chi connectivity index (χ3v) is 9.24. The number of aliphatic hydroxyl groups is 1. The third-order valence-electron chi connectivity index (χ3n) is 9.24. The van der Waals surface area contributed by atoms with Crippen LogP contribution in [0.25, 0.3) is 22.6 Å². The standard InChI is InChI=1S/C44H49N5O4/c1-4-49(5-2)37-26-24-36(25-27-37)43-47-39(42(48-43)35-22-20-34(21-23-35)38(45)30-40(50)44(52)53-3)29-33-18-16-32(17-19-33)13-9-15-41(51)46-28-10-14-31-11-7-6-8-12-31/h6-9,11-12,15-27,40,45,50H,4-5,10,13-14,28-30H2,1-3H3,(H,46,51)(H,47,48)/b15-9+,45-38?. The maximum absolute atomic E-state index is 12.3. The van der Waals surface area contributed by atoms with Crippen LogP contribution in [-0.4, -0.2) is 65.5 Å². The topological polar surface area (TPSA) is 131 Å². The molecule has 9 nitrogen and oxygen atoms in total. The van der Waals surface area contributed by atoms with Crippen LogP contribution in [0.15, 0.2) is 115 Å². The number of nitrogens with one attached hydrogen (secondary N) is 3. The zero-order valence-corrected chi connectivity index (χ0v) is 30.8. The zero-order chi connectivity index (χ0) is 37.6. The molecule has 274 valence electrons. The summed E-state index contributed by atoms with van der Waals surface area (Å²) in [5.41, 5.74) is 9.01. The third kappa shape index (κ3) is 10.9. The summed E-state index contributed by atoms with van der Waals surface area (Å²) in [6.07, 6.45) is 5.08. The number of aromatic nitrogens is 2. The van der Waals surface area contributed by atoms with Gasteiger partial charge >= 0.3 is 5.97 Å². The van der Waals surface area contributed by atoms with Crippen LogP contribution in [0.2, 0.25) is 0 Å². The molecule has 1 atom stereocenters. The summed E-state index contributed by atoms with van der Waals surface area (Å²) >= 11 is 0. The number of methoxy groups -OCH3 is 1. The Balaban J connectivity index is 1.27. The second kappa shape index (κ2) is 19.2. The summed E-state index contributed by atoms with van der Waals surface area (Å²) in [6.45, 7) is 6.79. The highest BCUT2D eigenvalue weighted by molar-refractivity contribution is 6.00. The molecular formula is C44H49N5O4. The van der Waals surface area contributed by atoms with Crippen LogP contribution >= 0.6 is 0 Å². The van der Waals surface area contributed by atoms with Crippen LogP contribution in [0.4, 0.5) is 5.69 Å². The maximum Gasteiger partial charge on any atom is 0.335 e. The molecule has 1 heterocycles. The average molecular weight is 712 g/mol. The quantitative estimate of drug-likeness (QED) is 0.0326. The number of amides is 1. The van der Waals surface area contributed by atoms with E-state index in [9.17, 15) is 14.7 Å². The van der Waals surface area contributed by atoms with Gasteiger partial charge in [-0.1, -0.05) is 84.9 Å². The number of ether oxygens (including phenoxy) is 1.